The van der Waals surface area contributed by atoms with Gasteiger partial charge in [-0.3, -0.25) is 0 Å². The molecule has 1 unspecified atom stereocenters. The van der Waals surface area contributed by atoms with E-state index >= 15 is 0 Å². The number of anilines is 1. The van der Waals surface area contributed by atoms with E-state index in [1.54, 1.807) is 12.1 Å². The van der Waals surface area contributed by atoms with Gasteiger partial charge in [0.05, 0.1) is 6.04 Å². The first kappa shape index (κ1) is 14.3. The number of halogens is 4. The van der Waals surface area contributed by atoms with E-state index < -0.39 is 17.5 Å². The molecule has 0 aromatic heterocycles. The van der Waals surface area contributed by atoms with Crippen LogP contribution in [0.2, 0.25) is 5.02 Å². The Morgan fingerprint density at radius 2 is 1.57 bits per heavy atom. The van der Waals surface area contributed by atoms with Crippen LogP contribution in [0.4, 0.5) is 18.9 Å². The van der Waals surface area contributed by atoms with Gasteiger partial charge in [-0.15, -0.1) is 0 Å². The maximum Gasteiger partial charge on any atom is 0.194 e. The summed E-state index contributed by atoms with van der Waals surface area (Å²) in [6, 6.07) is 9.21. The molecule has 1 atom stereocenters. The van der Waals surface area contributed by atoms with E-state index in [0.717, 1.165) is 30.5 Å². The average Bonchev–Trinajstić information content (AvgIpc) is 3.28. The molecule has 0 radical (unpaired) electrons. The largest absolute Gasteiger partial charge is 0.378 e. The van der Waals surface area contributed by atoms with E-state index in [-0.39, 0.29) is 11.7 Å². The summed E-state index contributed by atoms with van der Waals surface area (Å²) in [5, 5.41) is 3.73. The molecule has 1 aliphatic rings. The third-order valence-electron chi connectivity index (χ3n) is 3.63. The zero-order valence-corrected chi connectivity index (χ0v) is 11.8. The minimum Gasteiger partial charge on any atom is -0.378 e. The summed E-state index contributed by atoms with van der Waals surface area (Å²) in [5.74, 6) is -3.43. The third-order valence-corrected chi connectivity index (χ3v) is 3.88. The van der Waals surface area contributed by atoms with Gasteiger partial charge in [0.25, 0.3) is 0 Å². The smallest absolute Gasteiger partial charge is 0.194 e. The van der Waals surface area contributed by atoms with Crippen LogP contribution in [0.5, 0.6) is 0 Å². The molecule has 2 aromatic rings. The van der Waals surface area contributed by atoms with Crippen LogP contribution in [0.1, 0.15) is 24.4 Å². The monoisotopic (exact) mass is 311 g/mol. The quantitative estimate of drug-likeness (QED) is 0.753. The lowest BCUT2D eigenvalue weighted by atomic mass is 10.0. The first-order valence-electron chi connectivity index (χ1n) is 6.71. The van der Waals surface area contributed by atoms with Gasteiger partial charge in [-0.05, 0) is 36.5 Å². The minimum atomic E-state index is -1.45. The summed E-state index contributed by atoms with van der Waals surface area (Å²) >= 11 is 5.87. The number of nitrogens with one attached hydrogen (secondary N) is 1. The van der Waals surface area contributed by atoms with Crippen LogP contribution in [0.15, 0.2) is 36.4 Å². The molecular weight excluding hydrogens is 299 g/mol. The lowest BCUT2D eigenvalue weighted by Gasteiger charge is -2.20. The Hall–Kier alpha value is -1.68. The molecule has 21 heavy (non-hydrogen) atoms. The summed E-state index contributed by atoms with van der Waals surface area (Å²) in [7, 11) is 0. The average molecular weight is 312 g/mol. The Morgan fingerprint density at radius 1 is 1.00 bits per heavy atom. The van der Waals surface area contributed by atoms with Crippen LogP contribution in [0.3, 0.4) is 0 Å². The number of benzene rings is 2. The molecule has 0 spiro atoms. The molecule has 0 heterocycles. The van der Waals surface area contributed by atoms with Gasteiger partial charge in [0.1, 0.15) is 0 Å². The summed E-state index contributed by atoms with van der Waals surface area (Å²) < 4.78 is 39.6. The van der Waals surface area contributed by atoms with Gasteiger partial charge in [-0.25, -0.2) is 13.2 Å². The molecule has 1 fully saturated rings. The van der Waals surface area contributed by atoms with E-state index in [1.165, 1.54) is 0 Å². The fourth-order valence-electron chi connectivity index (χ4n) is 2.39. The molecule has 3 rings (SSSR count). The standard InChI is InChI=1S/C16H13ClF3N/c17-11-5-3-10(4-6-11)16(9-1-2-9)21-12-7-13(18)15(20)14(19)8-12/h3-9,16,21H,1-2H2. The number of rotatable bonds is 4. The maximum absolute atomic E-state index is 13.3. The second kappa shape index (κ2) is 5.60. The maximum atomic E-state index is 13.3. The van der Waals surface area contributed by atoms with Crippen LogP contribution in [0.25, 0.3) is 0 Å². The van der Waals surface area contributed by atoms with E-state index in [2.05, 4.69) is 5.32 Å². The third kappa shape index (κ3) is 3.16. The topological polar surface area (TPSA) is 12.0 Å². The summed E-state index contributed by atoms with van der Waals surface area (Å²) in [6.45, 7) is 0. The normalized spacial score (nSPS) is 15.8. The van der Waals surface area contributed by atoms with Crippen molar-refractivity contribution < 1.29 is 13.2 Å². The lowest BCUT2D eigenvalue weighted by Crippen LogP contribution is -2.13. The number of hydrogen-bond donors (Lipinski definition) is 1. The molecular formula is C16H13ClF3N. The van der Waals surface area contributed by atoms with E-state index in [9.17, 15) is 13.2 Å². The number of hydrogen-bond acceptors (Lipinski definition) is 1. The molecule has 2 aromatic carbocycles. The molecule has 0 bridgehead atoms. The molecule has 1 saturated carbocycles. The fraction of sp³-hybridized carbons (Fsp3) is 0.250. The van der Waals surface area contributed by atoms with Gasteiger partial charge in [0.15, 0.2) is 17.5 Å². The highest BCUT2D eigenvalue weighted by Gasteiger charge is 2.32. The Balaban J connectivity index is 1.87. The zero-order valence-electron chi connectivity index (χ0n) is 11.0. The van der Waals surface area contributed by atoms with Crippen LogP contribution < -0.4 is 5.32 Å². The van der Waals surface area contributed by atoms with Crippen LogP contribution in [-0.4, -0.2) is 0 Å². The van der Waals surface area contributed by atoms with Gasteiger partial charge in [0, 0.05) is 22.8 Å². The van der Waals surface area contributed by atoms with Crippen molar-refractivity contribution >= 4 is 17.3 Å². The van der Waals surface area contributed by atoms with E-state index in [1.807, 2.05) is 12.1 Å². The Bertz CT molecular complexity index is 630. The predicted octanol–water partition coefficient (Wildman–Crippen LogP) is 5.32. The van der Waals surface area contributed by atoms with E-state index in [4.69, 9.17) is 11.6 Å². The first-order valence-corrected chi connectivity index (χ1v) is 7.09. The van der Waals surface area contributed by atoms with Crippen molar-refractivity contribution in [1.82, 2.24) is 0 Å². The minimum absolute atomic E-state index is 0.0634. The molecule has 1 aliphatic carbocycles. The second-order valence-electron chi connectivity index (χ2n) is 5.26. The zero-order chi connectivity index (χ0) is 15.0. The van der Waals surface area contributed by atoms with Crippen molar-refractivity contribution in [2.24, 2.45) is 5.92 Å². The van der Waals surface area contributed by atoms with Crippen LogP contribution in [-0.2, 0) is 0 Å². The van der Waals surface area contributed by atoms with E-state index in [0.29, 0.717) is 10.9 Å². The van der Waals surface area contributed by atoms with Crippen molar-refractivity contribution in [3.63, 3.8) is 0 Å². The highest BCUT2D eigenvalue weighted by molar-refractivity contribution is 6.30. The summed E-state index contributed by atoms with van der Waals surface area (Å²) in [4.78, 5) is 0. The molecule has 1 N–H and O–H groups in total. The first-order chi connectivity index (χ1) is 10.0. The van der Waals surface area contributed by atoms with Gasteiger partial charge < -0.3 is 5.32 Å². The molecule has 0 saturated heterocycles. The Morgan fingerprint density at radius 3 is 2.10 bits per heavy atom. The van der Waals surface area contributed by atoms with Crippen LogP contribution in [0, 0.1) is 23.4 Å². The second-order valence-corrected chi connectivity index (χ2v) is 5.70. The van der Waals surface area contributed by atoms with Gasteiger partial charge in [-0.2, -0.15) is 0 Å². The summed E-state index contributed by atoms with van der Waals surface area (Å²) in [5.41, 5.74) is 1.23. The van der Waals surface area contributed by atoms with Gasteiger partial charge in [0.2, 0.25) is 0 Å². The van der Waals surface area contributed by atoms with Crippen molar-refractivity contribution in [2.75, 3.05) is 5.32 Å². The Labute approximate surface area is 125 Å². The molecule has 110 valence electrons. The van der Waals surface area contributed by atoms with Gasteiger partial charge in [-0.1, -0.05) is 23.7 Å². The fourth-order valence-corrected chi connectivity index (χ4v) is 2.52. The Kier molecular flexibility index (Phi) is 3.81. The van der Waals surface area contributed by atoms with Crippen molar-refractivity contribution in [3.8, 4) is 0 Å². The van der Waals surface area contributed by atoms with Crippen LogP contribution >= 0.6 is 11.6 Å². The van der Waals surface area contributed by atoms with Crippen molar-refractivity contribution in [2.45, 2.75) is 18.9 Å². The van der Waals surface area contributed by atoms with Crippen molar-refractivity contribution in [3.05, 3.63) is 64.4 Å². The predicted molar refractivity (Wildman–Crippen MR) is 76.9 cm³/mol. The highest BCUT2D eigenvalue weighted by Crippen LogP contribution is 2.43. The molecule has 0 aliphatic heterocycles. The van der Waals surface area contributed by atoms with Gasteiger partial charge >= 0.3 is 0 Å². The summed E-state index contributed by atoms with van der Waals surface area (Å²) in [6.07, 6.45) is 2.10. The molecule has 1 nitrogen and oxygen atoms in total. The highest BCUT2D eigenvalue weighted by atomic mass is 35.5. The molecule has 5 heteroatoms. The SMILES string of the molecule is Fc1cc(NC(c2ccc(Cl)cc2)C2CC2)cc(F)c1F. The molecule has 0 amide bonds. The lowest BCUT2D eigenvalue weighted by molar-refractivity contribution is 0.447. The van der Waals surface area contributed by atoms with Crippen molar-refractivity contribution in [1.29, 1.82) is 0 Å².